The molecule has 1 heterocycles. The second-order valence-electron chi connectivity index (χ2n) is 9.03. The van der Waals surface area contributed by atoms with Crippen LogP contribution in [0.1, 0.15) is 19.8 Å². The summed E-state index contributed by atoms with van der Waals surface area (Å²) in [4.78, 5) is 13.0. The highest BCUT2D eigenvalue weighted by Gasteiger charge is 2.28. The normalized spacial score (nSPS) is 14.0. The Hall–Kier alpha value is -3.61. The summed E-state index contributed by atoms with van der Waals surface area (Å²) in [7, 11) is -7.55. The molecule has 214 valence electrons. The number of hydrogen-bond donors (Lipinski definition) is 1. The van der Waals surface area contributed by atoms with Gasteiger partial charge >= 0.3 is 0 Å². The van der Waals surface area contributed by atoms with Crippen LogP contribution in [0, 0.1) is 0 Å². The van der Waals surface area contributed by atoms with Crippen molar-refractivity contribution in [2.75, 3.05) is 43.7 Å². The zero-order chi connectivity index (χ0) is 28.6. The average molecular weight is 588 g/mol. The molecule has 0 atom stereocenters. The smallest absolute Gasteiger partial charge is 0.264 e. The van der Waals surface area contributed by atoms with Crippen LogP contribution in [0.25, 0.3) is 0 Å². The first-order valence-corrected chi connectivity index (χ1v) is 15.9. The molecule has 0 aliphatic carbocycles. The summed E-state index contributed by atoms with van der Waals surface area (Å²) in [6.45, 7) is 3.16. The fourth-order valence-corrected chi connectivity index (χ4v) is 7.18. The molecule has 0 unspecified atom stereocenters. The molecule has 0 aromatic heterocycles. The summed E-state index contributed by atoms with van der Waals surface area (Å²) in [6.07, 6.45) is 1.73. The molecule has 0 bridgehead atoms. The van der Waals surface area contributed by atoms with Crippen LogP contribution in [-0.2, 0) is 24.8 Å². The number of hydrogen-bond acceptors (Lipinski definition) is 7. The summed E-state index contributed by atoms with van der Waals surface area (Å²) >= 11 is 0. The van der Waals surface area contributed by atoms with Gasteiger partial charge in [0.1, 0.15) is 24.7 Å². The third-order valence-electron chi connectivity index (χ3n) is 6.27. The number of benzene rings is 3. The Labute approximate surface area is 235 Å². The van der Waals surface area contributed by atoms with E-state index in [4.69, 9.17) is 9.47 Å². The molecule has 1 N–H and O–H groups in total. The van der Waals surface area contributed by atoms with Gasteiger partial charge in [-0.2, -0.15) is 4.31 Å². The van der Waals surface area contributed by atoms with E-state index in [0.29, 0.717) is 36.9 Å². The number of carbonyl (C=O) groups is 1. The molecule has 0 saturated carbocycles. The van der Waals surface area contributed by atoms with Crippen molar-refractivity contribution in [1.29, 1.82) is 0 Å². The number of anilines is 1. The van der Waals surface area contributed by atoms with E-state index in [9.17, 15) is 21.6 Å². The lowest BCUT2D eigenvalue weighted by atomic mass is 10.3. The fourth-order valence-electron chi connectivity index (χ4n) is 4.24. The topological polar surface area (TPSA) is 122 Å². The van der Waals surface area contributed by atoms with Gasteiger partial charge in [-0.3, -0.25) is 9.10 Å². The lowest BCUT2D eigenvalue weighted by Gasteiger charge is -2.24. The summed E-state index contributed by atoms with van der Waals surface area (Å²) in [5, 5.41) is 2.68. The molecule has 0 spiro atoms. The average Bonchev–Trinajstić information content (AvgIpc) is 3.52. The highest BCUT2D eigenvalue weighted by molar-refractivity contribution is 7.92. The lowest BCUT2D eigenvalue weighted by Crippen LogP contribution is -2.41. The quantitative estimate of drug-likeness (QED) is 0.305. The van der Waals surface area contributed by atoms with Crippen molar-refractivity contribution in [1.82, 2.24) is 9.62 Å². The number of rotatable bonds is 13. The Morgan fingerprint density at radius 3 is 2.00 bits per heavy atom. The standard InChI is InChI=1S/C28H33N3O7S2/c1-2-37-24-10-16-27(17-11-24)40(35,36)31(23-8-4-3-5-9-23)22-28(32)29-18-21-38-25-12-14-26(15-13-25)39(33,34)30-19-6-7-20-30/h3-5,8-17H,2,6-7,18-22H2,1H3,(H,29,32). The monoisotopic (exact) mass is 587 g/mol. The maximum absolute atomic E-state index is 13.5. The predicted octanol–water partition coefficient (Wildman–Crippen LogP) is 3.26. The molecule has 1 fully saturated rings. The molecule has 3 aromatic carbocycles. The molecule has 10 nitrogen and oxygen atoms in total. The third kappa shape index (κ3) is 7.12. The first-order chi connectivity index (χ1) is 19.2. The minimum absolute atomic E-state index is 0.0335. The minimum atomic E-state index is -4.04. The number of nitrogens with zero attached hydrogens (tertiary/aromatic N) is 2. The van der Waals surface area contributed by atoms with Gasteiger partial charge in [-0.25, -0.2) is 16.8 Å². The van der Waals surface area contributed by atoms with Crippen LogP contribution in [-0.4, -0.2) is 66.4 Å². The Morgan fingerprint density at radius 2 is 1.40 bits per heavy atom. The van der Waals surface area contributed by atoms with E-state index < -0.39 is 32.5 Å². The maximum atomic E-state index is 13.5. The van der Waals surface area contributed by atoms with Gasteiger partial charge in [0.15, 0.2) is 0 Å². The maximum Gasteiger partial charge on any atom is 0.264 e. The van der Waals surface area contributed by atoms with Gasteiger partial charge in [0.25, 0.3) is 10.0 Å². The zero-order valence-corrected chi connectivity index (χ0v) is 23.9. The molecule has 1 aliphatic rings. The summed E-state index contributed by atoms with van der Waals surface area (Å²) in [6, 6.07) is 20.6. The molecular formula is C28H33N3O7S2. The number of carbonyl (C=O) groups excluding carboxylic acids is 1. The second-order valence-corrected chi connectivity index (χ2v) is 12.8. The Morgan fingerprint density at radius 1 is 0.825 bits per heavy atom. The molecule has 4 rings (SSSR count). The Balaban J connectivity index is 1.34. The van der Waals surface area contributed by atoms with Crippen LogP contribution in [0.4, 0.5) is 5.69 Å². The number of sulfonamides is 2. The molecule has 40 heavy (non-hydrogen) atoms. The summed E-state index contributed by atoms with van der Waals surface area (Å²) < 4.78 is 65.8. The number of nitrogens with one attached hydrogen (secondary N) is 1. The van der Waals surface area contributed by atoms with Gasteiger partial charge in [0.05, 0.1) is 28.6 Å². The van der Waals surface area contributed by atoms with Crippen molar-refractivity contribution in [2.45, 2.75) is 29.6 Å². The van der Waals surface area contributed by atoms with Crippen molar-refractivity contribution < 1.29 is 31.1 Å². The van der Waals surface area contributed by atoms with E-state index in [0.717, 1.165) is 17.1 Å². The van der Waals surface area contributed by atoms with E-state index >= 15 is 0 Å². The largest absolute Gasteiger partial charge is 0.494 e. The van der Waals surface area contributed by atoms with Gasteiger partial charge < -0.3 is 14.8 Å². The highest BCUT2D eigenvalue weighted by atomic mass is 32.2. The van der Waals surface area contributed by atoms with Crippen molar-refractivity contribution in [2.24, 2.45) is 0 Å². The number of ether oxygens (including phenoxy) is 2. The van der Waals surface area contributed by atoms with Crippen molar-refractivity contribution in [3.8, 4) is 11.5 Å². The molecule has 1 aliphatic heterocycles. The van der Waals surface area contributed by atoms with Crippen LogP contribution < -0.4 is 19.1 Å². The number of amides is 1. The first kappa shape index (κ1) is 29.4. The molecule has 3 aromatic rings. The Kier molecular flexibility index (Phi) is 9.67. The molecule has 0 radical (unpaired) electrons. The van der Waals surface area contributed by atoms with E-state index in [2.05, 4.69) is 5.32 Å². The zero-order valence-electron chi connectivity index (χ0n) is 22.2. The van der Waals surface area contributed by atoms with E-state index in [1.807, 2.05) is 6.92 Å². The van der Waals surface area contributed by atoms with Gasteiger partial charge in [-0.05, 0) is 80.4 Å². The van der Waals surface area contributed by atoms with Crippen molar-refractivity contribution in [3.05, 3.63) is 78.9 Å². The van der Waals surface area contributed by atoms with Crippen LogP contribution in [0.15, 0.2) is 88.7 Å². The molecule has 12 heteroatoms. The van der Waals surface area contributed by atoms with Gasteiger partial charge in [0.2, 0.25) is 15.9 Å². The molecular weight excluding hydrogens is 554 g/mol. The third-order valence-corrected chi connectivity index (χ3v) is 9.97. The van der Waals surface area contributed by atoms with Gasteiger partial charge in [-0.1, -0.05) is 18.2 Å². The highest BCUT2D eigenvalue weighted by Crippen LogP contribution is 2.25. The van der Waals surface area contributed by atoms with Gasteiger partial charge in [-0.15, -0.1) is 0 Å². The summed E-state index contributed by atoms with van der Waals surface area (Å²) in [5.74, 6) is 0.501. The minimum Gasteiger partial charge on any atom is -0.494 e. The molecule has 1 saturated heterocycles. The first-order valence-electron chi connectivity index (χ1n) is 13.0. The SMILES string of the molecule is CCOc1ccc(S(=O)(=O)N(CC(=O)NCCOc2ccc(S(=O)(=O)N3CCCC3)cc2)c2ccccc2)cc1. The lowest BCUT2D eigenvalue weighted by molar-refractivity contribution is -0.119. The van der Waals surface area contributed by atoms with Crippen LogP contribution in [0.5, 0.6) is 11.5 Å². The van der Waals surface area contributed by atoms with E-state index in [1.165, 1.54) is 28.6 Å². The van der Waals surface area contributed by atoms with Crippen molar-refractivity contribution >= 4 is 31.6 Å². The van der Waals surface area contributed by atoms with E-state index in [-0.39, 0.29) is 22.9 Å². The van der Waals surface area contributed by atoms with Crippen molar-refractivity contribution in [3.63, 3.8) is 0 Å². The second kappa shape index (κ2) is 13.2. The summed E-state index contributed by atoms with van der Waals surface area (Å²) in [5.41, 5.74) is 0.353. The number of para-hydroxylation sites is 1. The van der Waals surface area contributed by atoms with Gasteiger partial charge in [0, 0.05) is 13.1 Å². The van der Waals surface area contributed by atoms with Crippen LogP contribution in [0.3, 0.4) is 0 Å². The predicted molar refractivity (Wildman–Crippen MR) is 152 cm³/mol. The van der Waals surface area contributed by atoms with Crippen LogP contribution in [0.2, 0.25) is 0 Å². The van der Waals surface area contributed by atoms with Crippen LogP contribution >= 0.6 is 0 Å². The molecule has 1 amide bonds. The van der Waals surface area contributed by atoms with E-state index in [1.54, 1.807) is 54.6 Å². The fraction of sp³-hybridized carbons (Fsp3) is 0.321. The Bertz CT molecular complexity index is 1470.